The van der Waals surface area contributed by atoms with Crippen LogP contribution in [0.25, 0.3) is 22.4 Å². The van der Waals surface area contributed by atoms with Crippen molar-refractivity contribution in [3.05, 3.63) is 99.8 Å². The van der Waals surface area contributed by atoms with E-state index in [0.717, 1.165) is 11.1 Å². The van der Waals surface area contributed by atoms with Crippen LogP contribution in [0.15, 0.2) is 66.7 Å². The molecular weight excluding hydrogens is 571 g/mol. The number of carbonyl (C=O) groups is 1. The molecule has 3 heterocycles. The molecule has 0 saturated heterocycles. The number of rotatable bonds is 9. The average Bonchev–Trinajstić information content (AvgIpc) is 3.48. The summed E-state index contributed by atoms with van der Waals surface area (Å²) in [4.78, 5) is 22.9. The van der Waals surface area contributed by atoms with E-state index in [-0.39, 0.29) is 29.9 Å². The average molecular weight is 601 g/mol. The van der Waals surface area contributed by atoms with E-state index in [1.807, 2.05) is 44.2 Å². The molecule has 0 bridgehead atoms. The molecule has 1 atom stereocenters. The van der Waals surface area contributed by atoms with Crippen LogP contribution in [0.2, 0.25) is 5.02 Å². The molecule has 0 fully saturated rings. The van der Waals surface area contributed by atoms with Crippen LogP contribution in [-0.4, -0.2) is 38.9 Å². The molecule has 0 aliphatic carbocycles. The second kappa shape index (κ2) is 11.4. The molecule has 9 nitrogen and oxygen atoms in total. The molecule has 1 amide bonds. The Labute approximate surface area is 252 Å². The van der Waals surface area contributed by atoms with Crippen molar-refractivity contribution in [1.29, 1.82) is 0 Å². The number of hydrogen-bond acceptors (Lipinski definition) is 7. The molecule has 1 aliphatic heterocycles. The summed E-state index contributed by atoms with van der Waals surface area (Å²) < 4.78 is 27.6. The number of nitrogen functional groups attached to an aromatic ring is 1. The lowest BCUT2D eigenvalue weighted by atomic mass is 9.77. The van der Waals surface area contributed by atoms with Gasteiger partial charge in [0.15, 0.2) is 12.1 Å². The third-order valence-electron chi connectivity index (χ3n) is 7.72. The van der Waals surface area contributed by atoms with Gasteiger partial charge in [0.25, 0.3) is 0 Å². The van der Waals surface area contributed by atoms with Gasteiger partial charge in [-0.3, -0.25) is 9.48 Å². The molecule has 3 N–H and O–H groups in total. The lowest BCUT2D eigenvalue weighted by Gasteiger charge is -2.24. The van der Waals surface area contributed by atoms with Gasteiger partial charge in [0.2, 0.25) is 5.91 Å². The summed E-state index contributed by atoms with van der Waals surface area (Å²) in [6.45, 7) is 6.78. The fourth-order valence-corrected chi connectivity index (χ4v) is 5.69. The predicted octanol–water partition coefficient (Wildman–Crippen LogP) is 6.25. The molecule has 0 radical (unpaired) electrons. The zero-order chi connectivity index (χ0) is 30.3. The van der Waals surface area contributed by atoms with E-state index in [0.29, 0.717) is 51.8 Å². The molecule has 6 rings (SSSR count). The Bertz CT molecular complexity index is 1840. The summed E-state index contributed by atoms with van der Waals surface area (Å²) in [5.41, 5.74) is 9.06. The van der Waals surface area contributed by atoms with Crippen molar-refractivity contribution in [2.45, 2.75) is 39.0 Å². The molecule has 0 spiro atoms. The summed E-state index contributed by atoms with van der Waals surface area (Å²) >= 11 is 6.32. The first-order chi connectivity index (χ1) is 20.7. The molecule has 43 heavy (non-hydrogen) atoms. The highest BCUT2D eigenvalue weighted by Gasteiger charge is 2.47. The fourth-order valence-electron chi connectivity index (χ4n) is 5.53. The van der Waals surface area contributed by atoms with Gasteiger partial charge in [-0.15, -0.1) is 0 Å². The second-order valence-electron chi connectivity index (χ2n) is 10.4. The number of benzene rings is 3. The van der Waals surface area contributed by atoms with Crippen molar-refractivity contribution in [3.63, 3.8) is 0 Å². The molecule has 1 aliphatic rings. The molecule has 220 valence electrons. The number of nitrogens with two attached hydrogens (primary N) is 1. The number of nitrogens with zero attached hydrogens (tertiary/aromatic N) is 4. The minimum absolute atomic E-state index is 0.150. The zero-order valence-electron chi connectivity index (χ0n) is 23.9. The Morgan fingerprint density at radius 1 is 1.05 bits per heavy atom. The maximum absolute atomic E-state index is 14.5. The third-order valence-corrected chi connectivity index (χ3v) is 7.96. The normalized spacial score (nSPS) is 16.2. The number of hydrogen-bond donors (Lipinski definition) is 2. The van der Waals surface area contributed by atoms with Crippen molar-refractivity contribution in [2.24, 2.45) is 0 Å². The van der Waals surface area contributed by atoms with Gasteiger partial charge in [-0.25, -0.2) is 14.4 Å². The summed E-state index contributed by atoms with van der Waals surface area (Å²) in [5.74, 6) is 0.0750. The fraction of sp³-hybridized carbons (Fsp3) is 0.250. The van der Waals surface area contributed by atoms with Crippen LogP contribution in [0.3, 0.4) is 0 Å². The molecule has 0 saturated carbocycles. The minimum Gasteiger partial charge on any atom is -0.383 e. The lowest BCUT2D eigenvalue weighted by Crippen LogP contribution is -2.33. The smallest absolute Gasteiger partial charge is 0.240 e. The van der Waals surface area contributed by atoms with Crippen molar-refractivity contribution in [2.75, 3.05) is 24.3 Å². The van der Waals surface area contributed by atoms with E-state index in [9.17, 15) is 9.18 Å². The standard InChI is InChI=1S/C32H30ClFN6O3/c1-4-42-30(43-5-2)18-10-12-20(13-11-18)32(3)25-27(35)36-29(37-28(25)38-31(32)41)26-22-15-14-21(33)16-24(22)40(39-26)17-19-8-6-7-9-23(19)34/h6-16,30H,4-5,17H2,1-3H3,(H3,35,36,37,38,41). The first kappa shape index (κ1) is 28.7. The quantitative estimate of drug-likeness (QED) is 0.192. The lowest BCUT2D eigenvalue weighted by molar-refractivity contribution is -0.140. The van der Waals surface area contributed by atoms with E-state index in [2.05, 4.69) is 10.3 Å². The van der Waals surface area contributed by atoms with Gasteiger partial charge in [0.05, 0.1) is 17.6 Å². The highest BCUT2D eigenvalue weighted by Crippen LogP contribution is 2.45. The van der Waals surface area contributed by atoms with E-state index in [4.69, 9.17) is 36.9 Å². The van der Waals surface area contributed by atoms with Crippen molar-refractivity contribution in [1.82, 2.24) is 19.7 Å². The van der Waals surface area contributed by atoms with Crippen LogP contribution >= 0.6 is 11.6 Å². The van der Waals surface area contributed by atoms with Crippen molar-refractivity contribution < 1.29 is 18.7 Å². The molecule has 5 aromatic rings. The Balaban J connectivity index is 1.41. The van der Waals surface area contributed by atoms with Gasteiger partial charge in [0, 0.05) is 34.7 Å². The Morgan fingerprint density at radius 3 is 2.47 bits per heavy atom. The van der Waals surface area contributed by atoms with Gasteiger partial charge >= 0.3 is 0 Å². The molecule has 11 heteroatoms. The topological polar surface area (TPSA) is 117 Å². The van der Waals surface area contributed by atoms with Gasteiger partial charge < -0.3 is 20.5 Å². The summed E-state index contributed by atoms with van der Waals surface area (Å²) in [6.07, 6.45) is -0.500. The summed E-state index contributed by atoms with van der Waals surface area (Å²) in [5, 5.41) is 8.86. The monoisotopic (exact) mass is 600 g/mol. The number of halogens is 2. The highest BCUT2D eigenvalue weighted by atomic mass is 35.5. The Kier molecular flexibility index (Phi) is 7.59. The second-order valence-corrected chi connectivity index (χ2v) is 10.8. The zero-order valence-corrected chi connectivity index (χ0v) is 24.7. The van der Waals surface area contributed by atoms with E-state index >= 15 is 0 Å². The number of nitrogens with one attached hydrogen (secondary N) is 1. The number of amides is 1. The van der Waals surface area contributed by atoms with Crippen LogP contribution in [-0.2, 0) is 26.2 Å². The number of ether oxygens (including phenoxy) is 2. The maximum Gasteiger partial charge on any atom is 0.240 e. The van der Waals surface area contributed by atoms with Crippen LogP contribution < -0.4 is 11.1 Å². The number of carbonyl (C=O) groups excluding carboxylic acids is 1. The number of fused-ring (bicyclic) bond motifs is 2. The third kappa shape index (κ3) is 5.01. The van der Waals surface area contributed by atoms with Crippen molar-refractivity contribution >= 4 is 40.0 Å². The van der Waals surface area contributed by atoms with Gasteiger partial charge in [0.1, 0.15) is 28.6 Å². The molecule has 1 unspecified atom stereocenters. The number of aromatic nitrogens is 4. The summed E-state index contributed by atoms with van der Waals surface area (Å²) in [6, 6.07) is 19.3. The molecule has 3 aromatic carbocycles. The largest absolute Gasteiger partial charge is 0.383 e. The van der Waals surface area contributed by atoms with Gasteiger partial charge in [-0.2, -0.15) is 5.10 Å². The van der Waals surface area contributed by atoms with Crippen molar-refractivity contribution in [3.8, 4) is 11.5 Å². The Morgan fingerprint density at radius 2 is 1.77 bits per heavy atom. The van der Waals surface area contributed by atoms with Gasteiger partial charge in [-0.05, 0) is 50.6 Å². The van der Waals surface area contributed by atoms with E-state index < -0.39 is 11.7 Å². The first-order valence-corrected chi connectivity index (χ1v) is 14.3. The van der Waals surface area contributed by atoms with Crippen LogP contribution in [0.5, 0.6) is 0 Å². The SMILES string of the molecule is CCOC(OCC)c1ccc(C2(C)C(=O)Nc3nc(-c4nn(Cc5ccccc5F)c5cc(Cl)ccc45)nc(N)c32)cc1. The first-order valence-electron chi connectivity index (χ1n) is 14.0. The predicted molar refractivity (Wildman–Crippen MR) is 163 cm³/mol. The number of anilines is 2. The van der Waals surface area contributed by atoms with Crippen LogP contribution in [0, 0.1) is 5.82 Å². The molecule has 2 aromatic heterocycles. The molecular formula is C32H30ClFN6O3. The highest BCUT2D eigenvalue weighted by molar-refractivity contribution is 6.31. The van der Waals surface area contributed by atoms with E-state index in [1.54, 1.807) is 41.9 Å². The van der Waals surface area contributed by atoms with Crippen LogP contribution in [0.4, 0.5) is 16.0 Å². The Hall–Kier alpha value is -4.38. The van der Waals surface area contributed by atoms with Crippen LogP contribution in [0.1, 0.15) is 49.3 Å². The maximum atomic E-state index is 14.5. The summed E-state index contributed by atoms with van der Waals surface area (Å²) in [7, 11) is 0. The van der Waals surface area contributed by atoms with Gasteiger partial charge in [-0.1, -0.05) is 54.1 Å². The minimum atomic E-state index is -1.14. The van der Waals surface area contributed by atoms with E-state index in [1.165, 1.54) is 6.07 Å².